The Morgan fingerprint density at radius 2 is 1.81 bits per heavy atom. The minimum absolute atomic E-state index is 0.246. The number of aliphatic hydroxyl groups is 1. The molecule has 0 unspecified atom stereocenters. The molecule has 1 aromatic heterocycles. The molecule has 1 fully saturated rings. The van der Waals surface area contributed by atoms with Gasteiger partial charge in [0.25, 0.3) is 0 Å². The zero-order valence-corrected chi connectivity index (χ0v) is 18.1. The number of aromatic amines is 1. The summed E-state index contributed by atoms with van der Waals surface area (Å²) in [5, 5.41) is 11.1. The van der Waals surface area contributed by atoms with Crippen molar-refractivity contribution in [2.24, 2.45) is 11.7 Å². The van der Waals surface area contributed by atoms with Crippen molar-refractivity contribution in [3.8, 4) is 11.3 Å². The summed E-state index contributed by atoms with van der Waals surface area (Å²) in [6, 6.07) is 9.10. The molecule has 4 rings (SSSR count). The number of aliphatic hydroxyl groups excluding tert-OH is 1. The molecule has 5 nitrogen and oxygen atoms in total. The van der Waals surface area contributed by atoms with Crippen molar-refractivity contribution in [3.05, 3.63) is 59.9 Å². The van der Waals surface area contributed by atoms with E-state index in [1.54, 1.807) is 18.2 Å². The molecule has 0 spiro atoms. The number of hydrogen-bond donors (Lipinski definition) is 4. The third-order valence-corrected chi connectivity index (χ3v) is 5.10. The molecule has 1 aliphatic carbocycles. The topological polar surface area (TPSA) is 91.1 Å². The summed E-state index contributed by atoms with van der Waals surface area (Å²) in [5.74, 6) is -0.896. The fourth-order valence-electron chi connectivity index (χ4n) is 3.05. The average Bonchev–Trinajstić information content (AvgIpc) is 3.13. The van der Waals surface area contributed by atoms with Gasteiger partial charge < -0.3 is 21.1 Å². The van der Waals surface area contributed by atoms with Crippen LogP contribution in [0.5, 0.6) is 0 Å². The van der Waals surface area contributed by atoms with Gasteiger partial charge in [0.2, 0.25) is 0 Å². The second-order valence-corrected chi connectivity index (χ2v) is 7.66. The van der Waals surface area contributed by atoms with Crippen molar-refractivity contribution < 1.29 is 23.1 Å². The number of nitrogens with one attached hydrogen (secondary N) is 2. The van der Waals surface area contributed by atoms with E-state index in [1.165, 1.54) is 37.5 Å². The minimum Gasteiger partial charge on any atom is -0.396 e. The van der Waals surface area contributed by atoms with E-state index in [2.05, 4.69) is 17.2 Å². The molecule has 0 saturated heterocycles. The van der Waals surface area contributed by atoms with E-state index < -0.39 is 17.7 Å². The molecular weight excluding hydrogens is 419 g/mol. The molecule has 0 aliphatic heterocycles. The van der Waals surface area contributed by atoms with Gasteiger partial charge in [-0.05, 0) is 67.1 Å². The van der Waals surface area contributed by atoms with E-state index in [0.29, 0.717) is 29.2 Å². The zero-order valence-electron chi connectivity index (χ0n) is 18.1. The number of carbonyl (C=O) groups is 1. The number of primary amides is 1. The van der Waals surface area contributed by atoms with Crippen LogP contribution in [-0.4, -0.2) is 29.3 Å². The summed E-state index contributed by atoms with van der Waals surface area (Å²) in [6.07, 6.45) is 5.85. The summed E-state index contributed by atoms with van der Waals surface area (Å²) < 4.78 is 39.4. The van der Waals surface area contributed by atoms with E-state index in [9.17, 15) is 18.0 Å². The predicted octanol–water partition coefficient (Wildman–Crippen LogP) is 5.49. The highest BCUT2D eigenvalue weighted by Crippen LogP contribution is 2.27. The molecular formula is C24H30F3N3O2. The number of hydrogen-bond acceptors (Lipinski definition) is 2. The third kappa shape index (κ3) is 7.92. The number of halogens is 3. The van der Waals surface area contributed by atoms with Gasteiger partial charge in [0.05, 0.1) is 5.52 Å². The number of aromatic nitrogens is 1. The molecule has 3 aromatic rings. The molecule has 174 valence electrons. The second-order valence-electron chi connectivity index (χ2n) is 7.66. The number of unbranched alkanes of at least 4 members (excludes halogenated alkanes) is 1. The number of urea groups is 1. The maximum Gasteiger partial charge on any atom is 0.312 e. The van der Waals surface area contributed by atoms with Crippen LogP contribution < -0.4 is 11.1 Å². The second kappa shape index (κ2) is 12.8. The summed E-state index contributed by atoms with van der Waals surface area (Å²) >= 11 is 0. The van der Waals surface area contributed by atoms with Crippen molar-refractivity contribution >= 4 is 16.9 Å². The number of rotatable bonds is 5. The van der Waals surface area contributed by atoms with Gasteiger partial charge in [0.15, 0.2) is 0 Å². The Bertz CT molecular complexity index is 984. The Morgan fingerprint density at radius 1 is 1.12 bits per heavy atom. The van der Waals surface area contributed by atoms with Crippen LogP contribution in [0.4, 0.5) is 18.0 Å². The molecule has 5 N–H and O–H groups in total. The van der Waals surface area contributed by atoms with Crippen LogP contribution in [0.2, 0.25) is 0 Å². The van der Waals surface area contributed by atoms with Crippen molar-refractivity contribution in [3.63, 3.8) is 0 Å². The van der Waals surface area contributed by atoms with Crippen molar-refractivity contribution in [1.82, 2.24) is 10.3 Å². The molecule has 0 radical (unpaired) electrons. The van der Waals surface area contributed by atoms with Gasteiger partial charge in [-0.25, -0.2) is 18.0 Å². The van der Waals surface area contributed by atoms with Gasteiger partial charge in [-0.1, -0.05) is 19.8 Å². The van der Waals surface area contributed by atoms with Crippen LogP contribution in [0.25, 0.3) is 22.2 Å². The number of carbonyl (C=O) groups excluding carboxylic acids is 1. The van der Waals surface area contributed by atoms with Crippen molar-refractivity contribution in [1.29, 1.82) is 0 Å². The normalized spacial score (nSPS) is 12.8. The first-order chi connectivity index (χ1) is 15.3. The highest BCUT2D eigenvalue weighted by molar-refractivity contribution is 5.86. The SMILES string of the molecule is CCCCO.Fc1ccc(-c2cc3cc(F)cc(F)c3[nH]2)cc1.NC(=O)NCC1CCC1. The zero-order chi connectivity index (χ0) is 23.5. The lowest BCUT2D eigenvalue weighted by Gasteiger charge is -2.24. The van der Waals surface area contributed by atoms with Gasteiger partial charge in [-0.2, -0.15) is 0 Å². The summed E-state index contributed by atoms with van der Waals surface area (Å²) in [4.78, 5) is 13.0. The van der Waals surface area contributed by atoms with E-state index in [-0.39, 0.29) is 11.3 Å². The van der Waals surface area contributed by atoms with E-state index >= 15 is 0 Å². The molecule has 1 heterocycles. The Labute approximate surface area is 185 Å². The van der Waals surface area contributed by atoms with Crippen LogP contribution in [0, 0.1) is 23.4 Å². The fraction of sp³-hybridized carbons (Fsp3) is 0.375. The van der Waals surface area contributed by atoms with E-state index in [4.69, 9.17) is 10.8 Å². The standard InChI is InChI=1S/C14H8F3N.C6H12N2O.C4H10O/c15-10-3-1-8(2-4-10)13-6-9-5-11(16)7-12(17)14(9)18-13;7-6(9)8-4-5-2-1-3-5;1-2-3-4-5/h1-7,18H;5H,1-4H2,(H3,7,8,9);5H,2-4H2,1H3. The maximum absolute atomic E-state index is 13.5. The number of nitrogens with two attached hydrogens (primary N) is 1. The van der Waals surface area contributed by atoms with Crippen LogP contribution >= 0.6 is 0 Å². The highest BCUT2D eigenvalue weighted by Gasteiger charge is 2.16. The highest BCUT2D eigenvalue weighted by atomic mass is 19.1. The molecule has 8 heteroatoms. The first-order valence-electron chi connectivity index (χ1n) is 10.7. The van der Waals surface area contributed by atoms with Gasteiger partial charge in [0, 0.05) is 30.3 Å². The van der Waals surface area contributed by atoms with Gasteiger partial charge >= 0.3 is 6.03 Å². The first-order valence-corrected chi connectivity index (χ1v) is 10.7. The number of benzene rings is 2. The lowest BCUT2D eigenvalue weighted by molar-refractivity contribution is 0.240. The van der Waals surface area contributed by atoms with Crippen molar-refractivity contribution in [2.75, 3.05) is 13.2 Å². The monoisotopic (exact) mass is 449 g/mol. The largest absolute Gasteiger partial charge is 0.396 e. The number of fused-ring (bicyclic) bond motifs is 1. The lowest BCUT2D eigenvalue weighted by atomic mass is 9.85. The molecule has 1 saturated carbocycles. The fourth-order valence-corrected chi connectivity index (χ4v) is 3.05. The van der Waals surface area contributed by atoms with Gasteiger partial charge in [-0.15, -0.1) is 0 Å². The van der Waals surface area contributed by atoms with Crippen LogP contribution in [-0.2, 0) is 0 Å². The molecule has 32 heavy (non-hydrogen) atoms. The summed E-state index contributed by atoms with van der Waals surface area (Å²) in [7, 11) is 0. The Kier molecular flexibility index (Phi) is 10.1. The minimum atomic E-state index is -0.640. The first kappa shape index (κ1) is 25.3. The molecule has 0 bridgehead atoms. The van der Waals surface area contributed by atoms with Gasteiger partial charge in [-0.3, -0.25) is 0 Å². The maximum atomic E-state index is 13.5. The van der Waals surface area contributed by atoms with Crippen LogP contribution in [0.1, 0.15) is 39.0 Å². The average molecular weight is 450 g/mol. The van der Waals surface area contributed by atoms with Crippen LogP contribution in [0.3, 0.4) is 0 Å². The summed E-state index contributed by atoms with van der Waals surface area (Å²) in [6.45, 7) is 3.17. The molecule has 2 amide bonds. The third-order valence-electron chi connectivity index (χ3n) is 5.10. The Hall–Kier alpha value is -3.00. The quantitative estimate of drug-likeness (QED) is 0.415. The Morgan fingerprint density at radius 3 is 2.31 bits per heavy atom. The molecule has 2 aromatic carbocycles. The van der Waals surface area contributed by atoms with Crippen LogP contribution in [0.15, 0.2) is 42.5 Å². The van der Waals surface area contributed by atoms with Gasteiger partial charge in [0.1, 0.15) is 17.5 Å². The molecule has 0 atom stereocenters. The predicted molar refractivity (Wildman–Crippen MR) is 121 cm³/mol. The lowest BCUT2D eigenvalue weighted by Crippen LogP contribution is -2.35. The van der Waals surface area contributed by atoms with E-state index in [1.807, 2.05) is 0 Å². The Balaban J connectivity index is 0.000000216. The van der Waals surface area contributed by atoms with E-state index in [0.717, 1.165) is 25.5 Å². The number of amides is 2. The smallest absolute Gasteiger partial charge is 0.312 e. The summed E-state index contributed by atoms with van der Waals surface area (Å²) in [5.41, 5.74) is 6.45. The number of H-pyrrole nitrogens is 1. The van der Waals surface area contributed by atoms with Crippen molar-refractivity contribution in [2.45, 2.75) is 39.0 Å². The molecule has 1 aliphatic rings.